The molecule has 36 atom stereocenters. The molecular formula is C86H136O17. The number of aliphatic hydroxyl groups is 1. The van der Waals surface area contributed by atoms with E-state index in [0.29, 0.717) is 53.4 Å². The van der Waals surface area contributed by atoms with Crippen molar-refractivity contribution < 1.29 is 81.0 Å². The summed E-state index contributed by atoms with van der Waals surface area (Å²) in [7, 11) is 0. The van der Waals surface area contributed by atoms with Crippen molar-refractivity contribution in [3.05, 3.63) is 73.9 Å². The zero-order valence-corrected chi connectivity index (χ0v) is 64.2. The Bertz CT molecular complexity index is 2900. The Hall–Kier alpha value is -2.78. The minimum Gasteiger partial charge on any atom is -0.396 e. The van der Waals surface area contributed by atoms with Crippen LogP contribution in [0, 0.1) is 59.2 Å². The van der Waals surface area contributed by atoms with Crippen LogP contribution in [0.4, 0.5) is 0 Å². The van der Waals surface area contributed by atoms with E-state index in [2.05, 4.69) is 116 Å². The molecule has 0 aromatic heterocycles. The van der Waals surface area contributed by atoms with E-state index in [1.54, 1.807) is 0 Å². The van der Waals surface area contributed by atoms with Gasteiger partial charge in [-0.05, 0) is 166 Å². The summed E-state index contributed by atoms with van der Waals surface area (Å²) in [6, 6.07) is 0. The molecular weight excluding hydrogens is 1300 g/mol. The molecule has 17 heteroatoms. The molecule has 16 heterocycles. The van der Waals surface area contributed by atoms with Crippen LogP contribution in [0.5, 0.6) is 0 Å². The highest BCUT2D eigenvalue weighted by Crippen LogP contribution is 2.57. The van der Waals surface area contributed by atoms with Crippen molar-refractivity contribution in [1.82, 2.24) is 0 Å². The third kappa shape index (κ3) is 17.4. The normalized spacial score (nSPS) is 47.3. The second-order valence-corrected chi connectivity index (χ2v) is 34.7. The predicted molar refractivity (Wildman–Crippen MR) is 395 cm³/mol. The minimum atomic E-state index is -0.637. The van der Waals surface area contributed by atoms with Gasteiger partial charge in [-0.2, -0.15) is 9.59 Å². The largest absolute Gasteiger partial charge is 0.396 e. The summed E-state index contributed by atoms with van der Waals surface area (Å²) >= 11 is 0. The summed E-state index contributed by atoms with van der Waals surface area (Å²) in [6.07, 6.45) is 28.1. The molecule has 582 valence electrons. The van der Waals surface area contributed by atoms with E-state index in [1.807, 2.05) is 12.2 Å². The maximum Gasteiger partial charge on any atom is 0.373 e. The third-order valence-electron chi connectivity index (χ3n) is 27.9. The Balaban J connectivity index is 0.000000197. The zero-order chi connectivity index (χ0) is 72.6. The van der Waals surface area contributed by atoms with Gasteiger partial charge >= 0.3 is 6.15 Å². The van der Waals surface area contributed by atoms with E-state index in [-0.39, 0.29) is 172 Å². The van der Waals surface area contributed by atoms with Crippen molar-refractivity contribution in [1.29, 1.82) is 0 Å². The minimum absolute atomic E-state index is 0. The number of aliphatic hydroxyl groups excluding tert-OH is 1. The fourth-order valence-corrected chi connectivity index (χ4v) is 21.2. The molecule has 103 heavy (non-hydrogen) atoms. The van der Waals surface area contributed by atoms with E-state index < -0.39 is 11.6 Å². The van der Waals surface area contributed by atoms with Gasteiger partial charge in [0.05, 0.1) is 110 Å². The predicted octanol–water partition coefficient (Wildman–Crippen LogP) is 16.0. The quantitative estimate of drug-likeness (QED) is 0.0697. The lowest BCUT2D eigenvalue weighted by Gasteiger charge is -2.42. The van der Waals surface area contributed by atoms with Crippen LogP contribution in [0.1, 0.15) is 238 Å². The average Bonchev–Trinajstić information content (AvgIpc) is 1.56. The maximum absolute atomic E-state index is 9.90. The number of hydrogen-bond donors (Lipinski definition) is 1. The maximum atomic E-state index is 9.90. The fraction of sp³-hybridized carbons (Fsp3) is 0.849. The first-order valence-corrected chi connectivity index (χ1v) is 40.8. The standard InChI is InChI=1S/C42H66O8.C42H66O7.CO2.CH4/c1-9-11-33-28(8)38-40-41(47-33)39-37(48-40)22-42(49-38,50-39)16-14-30-20-25(5)32(44-30)13-12-29-19-24(4)26(6)35(45-29)21-36-31(15-17-43)27(7)34(46-36)18-23(3)10-2;1-10-13-33-28(9)38-40-41(46-33)39-37(47-40)22-42(48-38,49-39)17-16-30-20-25(6)32(43-30)15-14-29-19-24(5)26(7)35(44-29)21-36-31(12-3)27(8)34(45-36)18-23(4)11-2;2-1-3;/h9,23-24,27-41,43H,1,5-6,10-22H2,2-4,7-8H3;10,23-24,27-41H,1,6-7,11-22H2,2-5,8-9H3;;1H4/t2*23-,24-,27-,28?,29+,30+,31-,32?,33+,34-,35-,36?,37-,38+,39+,40+,41+,42-;;/m11../s1. The van der Waals surface area contributed by atoms with Crippen molar-refractivity contribution in [3.8, 4) is 0 Å². The van der Waals surface area contributed by atoms with Crippen LogP contribution in [-0.4, -0.2) is 176 Å². The highest BCUT2D eigenvalue weighted by Gasteiger charge is 2.69. The van der Waals surface area contributed by atoms with Gasteiger partial charge in [-0.1, -0.05) is 141 Å². The molecule has 0 amide bonds. The average molecular weight is 1440 g/mol. The van der Waals surface area contributed by atoms with E-state index in [0.717, 1.165) is 148 Å². The molecule has 16 saturated heterocycles. The van der Waals surface area contributed by atoms with E-state index in [9.17, 15) is 5.11 Å². The van der Waals surface area contributed by atoms with Crippen LogP contribution in [-0.2, 0) is 75.9 Å². The molecule has 0 aliphatic carbocycles. The molecule has 0 aromatic rings. The van der Waals surface area contributed by atoms with Crippen LogP contribution < -0.4 is 0 Å². The first-order chi connectivity index (χ1) is 49.0. The molecule has 0 radical (unpaired) electrons. The summed E-state index contributed by atoms with van der Waals surface area (Å²) in [5, 5.41) is 9.90. The summed E-state index contributed by atoms with van der Waals surface area (Å²) in [5.74, 6) is 3.31. The topological polar surface area (TPSA) is 184 Å². The molecule has 16 rings (SSSR count). The highest BCUT2D eigenvalue weighted by molar-refractivity contribution is 5.20. The van der Waals surface area contributed by atoms with Crippen LogP contribution in [0.3, 0.4) is 0 Å². The molecule has 16 fully saturated rings. The highest BCUT2D eigenvalue weighted by atomic mass is 16.8. The lowest BCUT2D eigenvalue weighted by atomic mass is 9.79. The van der Waals surface area contributed by atoms with E-state index >= 15 is 0 Å². The monoisotopic (exact) mass is 1440 g/mol. The van der Waals surface area contributed by atoms with Gasteiger partial charge in [0.15, 0.2) is 11.6 Å². The van der Waals surface area contributed by atoms with Gasteiger partial charge in [-0.25, -0.2) is 0 Å². The van der Waals surface area contributed by atoms with Crippen LogP contribution in [0.25, 0.3) is 0 Å². The van der Waals surface area contributed by atoms with E-state index in [4.69, 9.17) is 75.9 Å². The smallest absolute Gasteiger partial charge is 0.373 e. The molecule has 0 aromatic carbocycles. The van der Waals surface area contributed by atoms with Gasteiger partial charge in [-0.15, -0.1) is 13.2 Å². The summed E-state index contributed by atoms with van der Waals surface area (Å²) in [4.78, 5) is 16.2. The van der Waals surface area contributed by atoms with Crippen molar-refractivity contribution >= 4 is 6.15 Å². The van der Waals surface area contributed by atoms with Crippen molar-refractivity contribution in [3.63, 3.8) is 0 Å². The summed E-state index contributed by atoms with van der Waals surface area (Å²) < 4.78 is 93.8. The number of carbonyl (C=O) groups excluding carboxylic acids is 2. The van der Waals surface area contributed by atoms with Gasteiger partial charge < -0.3 is 71.4 Å². The van der Waals surface area contributed by atoms with Gasteiger partial charge in [-0.3, -0.25) is 0 Å². The van der Waals surface area contributed by atoms with Gasteiger partial charge in [0.1, 0.15) is 36.6 Å². The van der Waals surface area contributed by atoms with Crippen molar-refractivity contribution in [2.45, 2.75) is 396 Å². The number of hydrogen-bond acceptors (Lipinski definition) is 17. The molecule has 1 N–H and O–H groups in total. The summed E-state index contributed by atoms with van der Waals surface area (Å²) in [5.41, 5.74) is 4.83. The van der Waals surface area contributed by atoms with E-state index in [1.165, 1.54) is 28.7 Å². The molecule has 6 unspecified atom stereocenters. The first kappa shape index (κ1) is 81.2. The Morgan fingerprint density at radius 1 is 0.466 bits per heavy atom. The first-order valence-electron chi connectivity index (χ1n) is 40.8. The van der Waals surface area contributed by atoms with Crippen molar-refractivity contribution in [2.24, 2.45) is 59.2 Å². The SMILES string of the molecule is C.C=CC[C@@H]1O[C@H]2[C@H]3O[C@]4(CC[C@H]5CC(=C)C(CC[C@H]6C[C@@H](C)C(=C)[C@@H](CC7O[C@H](C[C@H](C)CC)[C@H](C)[C@H]7CC)O6)O5)C[C@H]3O[C@H]2[C@@H](O4)C1C.C=CC[C@@H]1O[C@H]2[C@H]3O[C@]4(CC[C@H]5CC(=C)C(CC[C@H]6C[C@@H](C)C(=C)[C@@H](CC7O[C@H](C[C@H](C)CC)[C@H](C)[C@H]7CCO)O6)O5)C[C@H]3O[C@H]2[C@@H](O4)C1C.O=C=O. The fourth-order valence-electron chi connectivity index (χ4n) is 21.2. The second kappa shape index (κ2) is 35.1. The van der Waals surface area contributed by atoms with Crippen LogP contribution in [0.2, 0.25) is 0 Å². The Morgan fingerprint density at radius 2 is 0.854 bits per heavy atom. The second-order valence-electron chi connectivity index (χ2n) is 34.7. The number of rotatable bonds is 29. The van der Waals surface area contributed by atoms with Gasteiger partial charge in [0, 0.05) is 57.0 Å². The Labute approximate surface area is 619 Å². The van der Waals surface area contributed by atoms with Gasteiger partial charge in [0.25, 0.3) is 0 Å². The number of ether oxygens (including phenoxy) is 14. The van der Waals surface area contributed by atoms with Crippen LogP contribution >= 0.6 is 0 Å². The molecule has 16 aliphatic rings. The lowest BCUT2D eigenvalue weighted by molar-refractivity contribution is -0.263. The summed E-state index contributed by atoms with van der Waals surface area (Å²) in [6.45, 7) is 51.4. The molecule has 17 nitrogen and oxygen atoms in total. The zero-order valence-electron chi connectivity index (χ0n) is 64.2. The van der Waals surface area contributed by atoms with Crippen molar-refractivity contribution in [2.75, 3.05) is 6.61 Å². The molecule has 0 saturated carbocycles. The Morgan fingerprint density at radius 3 is 1.25 bits per heavy atom. The lowest BCUT2D eigenvalue weighted by Crippen LogP contribution is -2.54. The molecule has 12 bridgehead atoms. The molecule has 16 aliphatic heterocycles. The third-order valence-corrected chi connectivity index (χ3v) is 27.9. The molecule has 0 spiro atoms. The van der Waals surface area contributed by atoms with Gasteiger partial charge in [0.2, 0.25) is 0 Å². The Kier molecular flexibility index (Phi) is 27.6. The van der Waals surface area contributed by atoms with Crippen LogP contribution in [0.15, 0.2) is 73.9 Å².